The van der Waals surface area contributed by atoms with Gasteiger partial charge >= 0.3 is 0 Å². The van der Waals surface area contributed by atoms with Crippen molar-refractivity contribution in [2.75, 3.05) is 6.54 Å². The lowest BCUT2D eigenvalue weighted by Gasteiger charge is -2.31. The van der Waals surface area contributed by atoms with Crippen LogP contribution in [0.2, 0.25) is 0 Å². The van der Waals surface area contributed by atoms with Crippen LogP contribution in [0.3, 0.4) is 0 Å². The molecule has 1 aromatic carbocycles. The van der Waals surface area contributed by atoms with E-state index in [0.717, 1.165) is 24.1 Å². The highest BCUT2D eigenvalue weighted by Gasteiger charge is 2.27. The first-order chi connectivity index (χ1) is 9.72. The Kier molecular flexibility index (Phi) is 3.52. The highest BCUT2D eigenvalue weighted by atomic mass is 16.3. The van der Waals surface area contributed by atoms with Crippen molar-refractivity contribution in [1.29, 1.82) is 0 Å². The van der Waals surface area contributed by atoms with Crippen molar-refractivity contribution in [1.82, 2.24) is 15.5 Å². The predicted octanol–water partition coefficient (Wildman–Crippen LogP) is 1.58. The summed E-state index contributed by atoms with van der Waals surface area (Å²) in [5.41, 5.74) is 2.20. The molecule has 3 N–H and O–H groups in total. The second-order valence-corrected chi connectivity index (χ2v) is 5.23. The Morgan fingerprint density at radius 1 is 1.35 bits per heavy atom. The Hall–Kier alpha value is -2.14. The number of nitrogens with one attached hydrogen (secondary N) is 2. The maximum Gasteiger partial charge on any atom is 0.269 e. The number of benzene rings is 1. The lowest BCUT2D eigenvalue weighted by molar-refractivity contribution is 0.0419. The molecule has 1 aromatic heterocycles. The number of carbonyl (C=O) groups excluding carboxylic acids is 1. The number of aromatic nitrogens is 2. The largest absolute Gasteiger partial charge is 0.393 e. The summed E-state index contributed by atoms with van der Waals surface area (Å²) < 4.78 is 0. The summed E-state index contributed by atoms with van der Waals surface area (Å²) in [6.07, 6.45) is 1.37. The number of aliphatic hydroxyl groups is 1. The minimum absolute atomic E-state index is 0.152. The molecular formula is C15H17N3O2. The molecule has 104 valence electrons. The number of amides is 1. The van der Waals surface area contributed by atoms with Crippen LogP contribution in [-0.4, -0.2) is 33.9 Å². The molecular weight excluding hydrogens is 254 g/mol. The summed E-state index contributed by atoms with van der Waals surface area (Å²) in [5.74, 6) is 0.242. The van der Waals surface area contributed by atoms with Gasteiger partial charge in [-0.15, -0.1) is 0 Å². The highest BCUT2D eigenvalue weighted by Crippen LogP contribution is 2.26. The Morgan fingerprint density at radius 2 is 2.10 bits per heavy atom. The number of hydrogen-bond donors (Lipinski definition) is 3. The van der Waals surface area contributed by atoms with Gasteiger partial charge in [0.25, 0.3) is 5.91 Å². The number of aliphatic hydroxyl groups excluding tert-OH is 1. The van der Waals surface area contributed by atoms with E-state index >= 15 is 0 Å². The van der Waals surface area contributed by atoms with Gasteiger partial charge < -0.3 is 10.4 Å². The summed E-state index contributed by atoms with van der Waals surface area (Å²) >= 11 is 0. The monoisotopic (exact) mass is 271 g/mol. The fraction of sp³-hybridized carbons (Fsp3) is 0.333. The molecule has 20 heavy (non-hydrogen) atoms. The van der Waals surface area contributed by atoms with Gasteiger partial charge in [-0.1, -0.05) is 30.3 Å². The van der Waals surface area contributed by atoms with Gasteiger partial charge in [0, 0.05) is 12.1 Å². The zero-order chi connectivity index (χ0) is 13.9. The van der Waals surface area contributed by atoms with E-state index in [2.05, 4.69) is 15.5 Å². The van der Waals surface area contributed by atoms with Crippen LogP contribution in [0.1, 0.15) is 23.3 Å². The van der Waals surface area contributed by atoms with Crippen LogP contribution < -0.4 is 5.32 Å². The third-order valence-corrected chi connectivity index (χ3v) is 3.65. The number of nitrogens with zero attached hydrogens (tertiary/aromatic N) is 1. The predicted molar refractivity (Wildman–Crippen MR) is 75.1 cm³/mol. The average molecular weight is 271 g/mol. The minimum Gasteiger partial charge on any atom is -0.393 e. The lowest BCUT2D eigenvalue weighted by Crippen LogP contribution is -2.38. The Morgan fingerprint density at radius 3 is 2.80 bits per heavy atom. The Balaban J connectivity index is 1.60. The van der Waals surface area contributed by atoms with Crippen LogP contribution in [0, 0.1) is 5.92 Å². The van der Waals surface area contributed by atoms with E-state index in [0.29, 0.717) is 18.2 Å². The van der Waals surface area contributed by atoms with Gasteiger partial charge in [-0.3, -0.25) is 9.89 Å². The van der Waals surface area contributed by atoms with E-state index < -0.39 is 0 Å². The summed E-state index contributed by atoms with van der Waals surface area (Å²) in [7, 11) is 0. The molecule has 1 aliphatic carbocycles. The number of carbonyl (C=O) groups is 1. The zero-order valence-corrected chi connectivity index (χ0v) is 11.0. The normalized spacial score (nSPS) is 21.2. The molecule has 1 saturated carbocycles. The molecule has 0 unspecified atom stereocenters. The van der Waals surface area contributed by atoms with Crippen LogP contribution in [0.15, 0.2) is 36.4 Å². The van der Waals surface area contributed by atoms with Gasteiger partial charge in [0.05, 0.1) is 11.8 Å². The Labute approximate surface area is 117 Å². The molecule has 2 aromatic rings. The van der Waals surface area contributed by atoms with Crippen molar-refractivity contribution in [2.45, 2.75) is 18.9 Å². The van der Waals surface area contributed by atoms with Gasteiger partial charge in [-0.05, 0) is 24.8 Å². The van der Waals surface area contributed by atoms with Gasteiger partial charge in [0.1, 0.15) is 5.69 Å². The smallest absolute Gasteiger partial charge is 0.269 e. The quantitative estimate of drug-likeness (QED) is 0.790. The van der Waals surface area contributed by atoms with Gasteiger partial charge in [0.15, 0.2) is 0 Å². The molecule has 5 nitrogen and oxygen atoms in total. The molecule has 0 atom stereocenters. The second-order valence-electron chi connectivity index (χ2n) is 5.23. The van der Waals surface area contributed by atoms with Gasteiger partial charge in [0.2, 0.25) is 0 Å². The standard InChI is InChI=1S/C15H17N3O2/c19-12-6-10(7-12)9-16-15(20)14-8-13(17-18-14)11-4-2-1-3-5-11/h1-5,8,10,12,19H,6-7,9H2,(H,16,20)(H,17,18). The summed E-state index contributed by atoms with van der Waals surface area (Å²) in [4.78, 5) is 12.0. The molecule has 0 spiro atoms. The van der Waals surface area contributed by atoms with Crippen molar-refractivity contribution in [3.8, 4) is 11.3 Å². The maximum atomic E-state index is 12.0. The molecule has 5 heteroatoms. The van der Waals surface area contributed by atoms with Crippen LogP contribution in [-0.2, 0) is 0 Å². The van der Waals surface area contributed by atoms with Crippen molar-refractivity contribution in [3.63, 3.8) is 0 Å². The fourth-order valence-electron chi connectivity index (χ4n) is 2.39. The first-order valence-corrected chi connectivity index (χ1v) is 6.79. The summed E-state index contributed by atoms with van der Waals surface area (Å²) in [5, 5.41) is 19.0. The average Bonchev–Trinajstić information content (AvgIpc) is 2.93. The fourth-order valence-corrected chi connectivity index (χ4v) is 2.39. The molecule has 0 radical (unpaired) electrons. The van der Waals surface area contributed by atoms with Crippen LogP contribution in [0.5, 0.6) is 0 Å². The number of rotatable bonds is 4. The molecule has 0 aliphatic heterocycles. The van der Waals surface area contributed by atoms with Crippen LogP contribution in [0.25, 0.3) is 11.3 Å². The van der Waals surface area contributed by atoms with E-state index in [4.69, 9.17) is 0 Å². The van der Waals surface area contributed by atoms with Gasteiger partial charge in [-0.2, -0.15) is 5.10 Å². The van der Waals surface area contributed by atoms with E-state index in [1.54, 1.807) is 6.07 Å². The molecule has 1 heterocycles. The number of aromatic amines is 1. The first-order valence-electron chi connectivity index (χ1n) is 6.79. The zero-order valence-electron chi connectivity index (χ0n) is 11.0. The van der Waals surface area contributed by atoms with Crippen molar-refractivity contribution in [3.05, 3.63) is 42.1 Å². The second kappa shape index (κ2) is 5.46. The van der Waals surface area contributed by atoms with E-state index in [9.17, 15) is 9.90 Å². The third-order valence-electron chi connectivity index (χ3n) is 3.65. The molecule has 0 bridgehead atoms. The summed E-state index contributed by atoms with van der Waals surface area (Å²) in [6.45, 7) is 0.607. The van der Waals surface area contributed by atoms with E-state index in [1.807, 2.05) is 30.3 Å². The SMILES string of the molecule is O=C(NCC1CC(O)C1)c1cc(-c2ccccc2)n[nH]1. The van der Waals surface area contributed by atoms with Crippen LogP contribution >= 0.6 is 0 Å². The topological polar surface area (TPSA) is 78.0 Å². The van der Waals surface area contributed by atoms with E-state index in [1.165, 1.54) is 0 Å². The van der Waals surface area contributed by atoms with Crippen molar-refractivity contribution < 1.29 is 9.90 Å². The van der Waals surface area contributed by atoms with Crippen molar-refractivity contribution in [2.24, 2.45) is 5.92 Å². The highest BCUT2D eigenvalue weighted by molar-refractivity contribution is 5.93. The third kappa shape index (κ3) is 2.72. The molecule has 1 aliphatic rings. The number of H-pyrrole nitrogens is 1. The van der Waals surface area contributed by atoms with Crippen LogP contribution in [0.4, 0.5) is 0 Å². The van der Waals surface area contributed by atoms with E-state index in [-0.39, 0.29) is 12.0 Å². The molecule has 1 fully saturated rings. The van der Waals surface area contributed by atoms with Gasteiger partial charge in [-0.25, -0.2) is 0 Å². The van der Waals surface area contributed by atoms with Crippen molar-refractivity contribution >= 4 is 5.91 Å². The summed E-state index contributed by atoms with van der Waals surface area (Å²) in [6, 6.07) is 11.5. The molecule has 3 rings (SSSR count). The first kappa shape index (κ1) is 12.9. The minimum atomic E-state index is -0.186. The number of hydrogen-bond acceptors (Lipinski definition) is 3. The molecule has 0 saturated heterocycles. The molecule has 1 amide bonds. The maximum absolute atomic E-state index is 12.0. The lowest BCUT2D eigenvalue weighted by atomic mass is 9.82. The Bertz CT molecular complexity index is 588.